The average Bonchev–Trinajstić information content (AvgIpc) is 2.94. The van der Waals surface area contributed by atoms with Gasteiger partial charge in [0, 0.05) is 5.56 Å². The van der Waals surface area contributed by atoms with E-state index in [2.05, 4.69) is 43.0 Å². The molecule has 5 heteroatoms. The minimum Gasteiger partial charge on any atom is -0.496 e. The average molecular weight is 275 g/mol. The molecule has 1 heterocycles. The lowest BCUT2D eigenvalue weighted by Gasteiger charge is -2.16. The maximum Gasteiger partial charge on any atom is 0.240 e. The van der Waals surface area contributed by atoms with Crippen molar-refractivity contribution in [3.8, 4) is 17.1 Å². The molecule has 0 bridgehead atoms. The molecule has 1 aromatic heterocycles. The molecule has 0 spiro atoms. The van der Waals surface area contributed by atoms with Crippen LogP contribution in [-0.4, -0.2) is 17.3 Å². The standard InChI is InChI=1S/C15H21N3O2/c1-5-10-6-11(15-17-13(8-16)20-18-15)7-12(9(2)3)14(10)19-4/h6-7,9H,5,8,16H2,1-4H3. The first-order valence-corrected chi connectivity index (χ1v) is 6.84. The first-order chi connectivity index (χ1) is 9.60. The number of rotatable bonds is 5. The molecule has 108 valence electrons. The van der Waals surface area contributed by atoms with E-state index >= 15 is 0 Å². The molecule has 20 heavy (non-hydrogen) atoms. The second-order valence-corrected chi connectivity index (χ2v) is 4.98. The molecule has 5 nitrogen and oxygen atoms in total. The second kappa shape index (κ2) is 6.05. The second-order valence-electron chi connectivity index (χ2n) is 4.98. The molecule has 0 saturated carbocycles. The third kappa shape index (κ3) is 2.67. The lowest BCUT2D eigenvalue weighted by atomic mass is 9.95. The van der Waals surface area contributed by atoms with Crippen LogP contribution in [0.1, 0.15) is 43.7 Å². The highest BCUT2D eigenvalue weighted by molar-refractivity contribution is 5.62. The van der Waals surface area contributed by atoms with Crippen molar-refractivity contribution in [3.63, 3.8) is 0 Å². The van der Waals surface area contributed by atoms with E-state index in [0.29, 0.717) is 17.6 Å². The zero-order valence-electron chi connectivity index (χ0n) is 12.4. The van der Waals surface area contributed by atoms with Crippen LogP contribution in [0.2, 0.25) is 0 Å². The zero-order valence-corrected chi connectivity index (χ0v) is 12.4. The molecule has 0 fully saturated rings. The fraction of sp³-hybridized carbons (Fsp3) is 0.467. The lowest BCUT2D eigenvalue weighted by molar-refractivity contribution is 0.380. The van der Waals surface area contributed by atoms with Crippen molar-refractivity contribution >= 4 is 0 Å². The Morgan fingerprint density at radius 1 is 1.35 bits per heavy atom. The van der Waals surface area contributed by atoms with Crippen LogP contribution in [0.3, 0.4) is 0 Å². The molecule has 0 saturated heterocycles. The summed E-state index contributed by atoms with van der Waals surface area (Å²) in [4.78, 5) is 4.29. The Balaban J connectivity index is 2.56. The summed E-state index contributed by atoms with van der Waals surface area (Å²) in [5, 5.41) is 3.98. The van der Waals surface area contributed by atoms with Crippen molar-refractivity contribution in [3.05, 3.63) is 29.2 Å². The first kappa shape index (κ1) is 14.5. The number of ether oxygens (including phenoxy) is 1. The minimum atomic E-state index is 0.251. The van der Waals surface area contributed by atoms with Gasteiger partial charge in [0.25, 0.3) is 0 Å². The monoisotopic (exact) mass is 275 g/mol. The third-order valence-electron chi connectivity index (χ3n) is 3.30. The zero-order chi connectivity index (χ0) is 14.7. The molecule has 2 rings (SSSR count). The van der Waals surface area contributed by atoms with Crippen LogP contribution in [0.5, 0.6) is 5.75 Å². The van der Waals surface area contributed by atoms with Crippen LogP contribution in [0.4, 0.5) is 0 Å². The predicted octanol–water partition coefficient (Wildman–Crippen LogP) is 2.89. The molecule has 2 N–H and O–H groups in total. The number of benzene rings is 1. The Morgan fingerprint density at radius 3 is 2.60 bits per heavy atom. The van der Waals surface area contributed by atoms with E-state index in [1.165, 1.54) is 0 Å². The minimum absolute atomic E-state index is 0.251. The fourth-order valence-corrected chi connectivity index (χ4v) is 2.24. The molecule has 0 aliphatic rings. The van der Waals surface area contributed by atoms with Gasteiger partial charge in [-0.3, -0.25) is 0 Å². The molecule has 0 radical (unpaired) electrons. The maximum atomic E-state index is 5.56. The molecule has 0 atom stereocenters. The highest BCUT2D eigenvalue weighted by atomic mass is 16.5. The van der Waals surface area contributed by atoms with Gasteiger partial charge in [-0.05, 0) is 35.6 Å². The number of aromatic nitrogens is 2. The summed E-state index contributed by atoms with van der Waals surface area (Å²) in [6.07, 6.45) is 0.887. The normalized spacial score (nSPS) is 11.1. The molecule has 0 amide bonds. The molecule has 0 aliphatic carbocycles. The van der Waals surface area contributed by atoms with E-state index in [1.54, 1.807) is 7.11 Å². The Bertz CT molecular complexity index is 591. The highest BCUT2D eigenvalue weighted by Gasteiger charge is 2.16. The van der Waals surface area contributed by atoms with Crippen LogP contribution >= 0.6 is 0 Å². The van der Waals surface area contributed by atoms with Crippen LogP contribution < -0.4 is 10.5 Å². The van der Waals surface area contributed by atoms with Gasteiger partial charge in [-0.2, -0.15) is 4.98 Å². The molecule has 2 aromatic rings. The smallest absolute Gasteiger partial charge is 0.240 e. The van der Waals surface area contributed by atoms with Gasteiger partial charge in [-0.15, -0.1) is 0 Å². The number of nitrogens with two attached hydrogens (primary N) is 1. The molecule has 0 unspecified atom stereocenters. The molecule has 0 aliphatic heterocycles. The quantitative estimate of drug-likeness (QED) is 0.908. The van der Waals surface area contributed by atoms with Gasteiger partial charge in [0.1, 0.15) is 5.75 Å². The van der Waals surface area contributed by atoms with E-state index in [4.69, 9.17) is 15.0 Å². The van der Waals surface area contributed by atoms with Crippen molar-refractivity contribution in [1.82, 2.24) is 10.1 Å². The summed E-state index contributed by atoms with van der Waals surface area (Å²) < 4.78 is 10.6. The van der Waals surface area contributed by atoms with Gasteiger partial charge in [-0.1, -0.05) is 25.9 Å². The summed E-state index contributed by atoms with van der Waals surface area (Å²) in [5.74, 6) is 2.33. The Labute approximate surface area is 119 Å². The summed E-state index contributed by atoms with van der Waals surface area (Å²) in [6, 6.07) is 4.11. The summed E-state index contributed by atoms with van der Waals surface area (Å²) in [6.45, 7) is 6.64. The molecular formula is C15H21N3O2. The first-order valence-electron chi connectivity index (χ1n) is 6.84. The number of nitrogens with zero attached hydrogens (tertiary/aromatic N) is 2. The van der Waals surface area contributed by atoms with E-state index in [9.17, 15) is 0 Å². The topological polar surface area (TPSA) is 74.2 Å². The predicted molar refractivity (Wildman–Crippen MR) is 77.6 cm³/mol. The summed E-state index contributed by atoms with van der Waals surface area (Å²) in [7, 11) is 1.71. The Kier molecular flexibility index (Phi) is 4.39. The van der Waals surface area contributed by atoms with Gasteiger partial charge in [0.05, 0.1) is 13.7 Å². The van der Waals surface area contributed by atoms with Crippen molar-refractivity contribution in [1.29, 1.82) is 0 Å². The van der Waals surface area contributed by atoms with Crippen molar-refractivity contribution in [2.24, 2.45) is 5.73 Å². The number of hydrogen-bond donors (Lipinski definition) is 1. The lowest BCUT2D eigenvalue weighted by Crippen LogP contribution is -2.00. The fourth-order valence-electron chi connectivity index (χ4n) is 2.24. The Morgan fingerprint density at radius 2 is 2.10 bits per heavy atom. The summed E-state index contributed by atoms with van der Waals surface area (Å²) >= 11 is 0. The SMILES string of the molecule is CCc1cc(-c2noc(CN)n2)cc(C(C)C)c1OC. The molecule has 1 aromatic carbocycles. The highest BCUT2D eigenvalue weighted by Crippen LogP contribution is 2.34. The van der Waals surface area contributed by atoms with Gasteiger partial charge in [0.2, 0.25) is 11.7 Å². The van der Waals surface area contributed by atoms with Crippen molar-refractivity contribution in [2.75, 3.05) is 7.11 Å². The van der Waals surface area contributed by atoms with Crippen molar-refractivity contribution in [2.45, 2.75) is 39.7 Å². The van der Waals surface area contributed by atoms with E-state index in [1.807, 2.05) is 0 Å². The van der Waals surface area contributed by atoms with Gasteiger partial charge < -0.3 is 15.0 Å². The van der Waals surface area contributed by atoms with Crippen LogP contribution in [-0.2, 0) is 13.0 Å². The maximum absolute atomic E-state index is 5.56. The largest absolute Gasteiger partial charge is 0.496 e. The van der Waals surface area contributed by atoms with E-state index in [-0.39, 0.29) is 6.54 Å². The third-order valence-corrected chi connectivity index (χ3v) is 3.30. The van der Waals surface area contributed by atoms with E-state index < -0.39 is 0 Å². The van der Waals surface area contributed by atoms with Gasteiger partial charge in [0.15, 0.2) is 0 Å². The summed E-state index contributed by atoms with van der Waals surface area (Å²) in [5.41, 5.74) is 8.74. The van der Waals surface area contributed by atoms with Crippen molar-refractivity contribution < 1.29 is 9.26 Å². The van der Waals surface area contributed by atoms with Gasteiger partial charge in [-0.25, -0.2) is 0 Å². The van der Waals surface area contributed by atoms with Crippen LogP contribution in [0, 0.1) is 0 Å². The van der Waals surface area contributed by atoms with E-state index in [0.717, 1.165) is 28.9 Å². The molecular weight excluding hydrogens is 254 g/mol. The van der Waals surface area contributed by atoms with Gasteiger partial charge >= 0.3 is 0 Å². The van der Waals surface area contributed by atoms with Crippen LogP contribution in [0.15, 0.2) is 16.7 Å². The van der Waals surface area contributed by atoms with Crippen LogP contribution in [0.25, 0.3) is 11.4 Å². The number of aryl methyl sites for hydroxylation is 1. The number of hydrogen-bond acceptors (Lipinski definition) is 5. The number of methoxy groups -OCH3 is 1. The Hall–Kier alpha value is -1.88.